The number of hydrogen-bond acceptors (Lipinski definition) is 5. The Labute approximate surface area is 101 Å². The van der Waals surface area contributed by atoms with Gasteiger partial charge in [-0.25, -0.2) is 13.9 Å². The molecular formula is C10H10FN5O2. The third kappa shape index (κ3) is 1.81. The van der Waals surface area contributed by atoms with Gasteiger partial charge >= 0.3 is 5.97 Å². The van der Waals surface area contributed by atoms with Crippen LogP contribution in [0.3, 0.4) is 0 Å². The SMILES string of the molecule is CC(C)(C(=O)O)n1nnnc1-c1ccncc1F. The third-order valence-electron chi connectivity index (χ3n) is 2.54. The van der Waals surface area contributed by atoms with Crippen molar-refractivity contribution in [1.82, 2.24) is 25.2 Å². The third-order valence-corrected chi connectivity index (χ3v) is 2.54. The van der Waals surface area contributed by atoms with Crippen molar-refractivity contribution in [1.29, 1.82) is 0 Å². The van der Waals surface area contributed by atoms with E-state index in [-0.39, 0.29) is 11.4 Å². The van der Waals surface area contributed by atoms with Gasteiger partial charge in [0.2, 0.25) is 0 Å². The monoisotopic (exact) mass is 251 g/mol. The summed E-state index contributed by atoms with van der Waals surface area (Å²) in [6.07, 6.45) is 2.40. The van der Waals surface area contributed by atoms with E-state index in [9.17, 15) is 9.18 Å². The van der Waals surface area contributed by atoms with Crippen molar-refractivity contribution in [3.63, 3.8) is 0 Å². The lowest BCUT2D eigenvalue weighted by molar-refractivity contribution is -0.146. The Bertz CT molecular complexity index is 595. The Morgan fingerprint density at radius 3 is 2.83 bits per heavy atom. The van der Waals surface area contributed by atoms with E-state index >= 15 is 0 Å². The van der Waals surface area contributed by atoms with Crippen LogP contribution in [0, 0.1) is 5.82 Å². The molecule has 0 bridgehead atoms. The van der Waals surface area contributed by atoms with E-state index in [0.717, 1.165) is 10.9 Å². The summed E-state index contributed by atoms with van der Waals surface area (Å²) < 4.78 is 14.7. The van der Waals surface area contributed by atoms with Crippen LogP contribution in [0.5, 0.6) is 0 Å². The molecule has 0 spiro atoms. The standard InChI is InChI=1S/C10H10FN5O2/c1-10(2,9(17)18)16-8(13-14-15-16)6-3-4-12-5-7(6)11/h3-5H,1-2H3,(H,17,18). The Kier molecular flexibility index (Phi) is 2.77. The Morgan fingerprint density at radius 1 is 1.50 bits per heavy atom. The second-order valence-electron chi connectivity index (χ2n) is 4.13. The van der Waals surface area contributed by atoms with Gasteiger partial charge in [-0.1, -0.05) is 0 Å². The van der Waals surface area contributed by atoms with Crippen LogP contribution in [-0.4, -0.2) is 36.3 Å². The molecule has 0 saturated carbocycles. The van der Waals surface area contributed by atoms with E-state index in [4.69, 9.17) is 5.11 Å². The van der Waals surface area contributed by atoms with E-state index < -0.39 is 17.3 Å². The Balaban J connectivity index is 2.60. The number of carbonyl (C=O) groups is 1. The summed E-state index contributed by atoms with van der Waals surface area (Å²) in [5, 5.41) is 19.8. The largest absolute Gasteiger partial charge is 0.479 e. The quantitative estimate of drug-likeness (QED) is 0.862. The first-order chi connectivity index (χ1) is 8.44. The molecule has 2 heterocycles. The normalized spacial score (nSPS) is 11.5. The number of carboxylic acid groups (broad SMARTS) is 1. The molecule has 0 atom stereocenters. The van der Waals surface area contributed by atoms with Gasteiger partial charge < -0.3 is 5.11 Å². The fraction of sp³-hybridized carbons (Fsp3) is 0.300. The minimum Gasteiger partial charge on any atom is -0.479 e. The molecule has 7 nitrogen and oxygen atoms in total. The topological polar surface area (TPSA) is 93.8 Å². The summed E-state index contributed by atoms with van der Waals surface area (Å²) in [5.74, 6) is -1.69. The molecule has 0 amide bonds. The van der Waals surface area contributed by atoms with Gasteiger partial charge in [-0.15, -0.1) is 5.10 Å². The van der Waals surface area contributed by atoms with Gasteiger partial charge in [-0.3, -0.25) is 4.98 Å². The zero-order chi connectivity index (χ0) is 13.3. The van der Waals surface area contributed by atoms with Gasteiger partial charge in [0.15, 0.2) is 17.2 Å². The average molecular weight is 251 g/mol. The summed E-state index contributed by atoms with van der Waals surface area (Å²) >= 11 is 0. The van der Waals surface area contributed by atoms with Crippen molar-refractivity contribution in [3.8, 4) is 11.4 Å². The summed E-state index contributed by atoms with van der Waals surface area (Å²) in [6, 6.07) is 1.38. The van der Waals surface area contributed by atoms with E-state index in [0.29, 0.717) is 0 Å². The molecule has 2 aromatic rings. The predicted octanol–water partition coefficient (Wildman–Crippen LogP) is 0.694. The Hall–Kier alpha value is -2.38. The zero-order valence-electron chi connectivity index (χ0n) is 9.70. The van der Waals surface area contributed by atoms with Crippen LogP contribution in [0.4, 0.5) is 4.39 Å². The fourth-order valence-corrected chi connectivity index (χ4v) is 1.38. The molecule has 1 N–H and O–H groups in total. The van der Waals surface area contributed by atoms with Crippen molar-refractivity contribution in [2.45, 2.75) is 19.4 Å². The first-order valence-corrected chi connectivity index (χ1v) is 5.06. The average Bonchev–Trinajstić information content (AvgIpc) is 2.78. The lowest BCUT2D eigenvalue weighted by Crippen LogP contribution is -2.37. The summed E-state index contributed by atoms with van der Waals surface area (Å²) in [6.45, 7) is 2.85. The number of hydrogen-bond donors (Lipinski definition) is 1. The van der Waals surface area contributed by atoms with Gasteiger partial charge in [-0.05, 0) is 30.3 Å². The van der Waals surface area contributed by atoms with Gasteiger partial charge in [0, 0.05) is 6.20 Å². The van der Waals surface area contributed by atoms with Crippen LogP contribution in [0.1, 0.15) is 13.8 Å². The first-order valence-electron chi connectivity index (χ1n) is 5.06. The van der Waals surface area contributed by atoms with Crippen LogP contribution in [-0.2, 0) is 10.3 Å². The number of rotatable bonds is 3. The summed E-state index contributed by atoms with van der Waals surface area (Å²) in [7, 11) is 0. The molecule has 2 aromatic heterocycles. The molecule has 8 heteroatoms. The number of aliphatic carboxylic acids is 1. The minimum absolute atomic E-state index is 0.0438. The van der Waals surface area contributed by atoms with Gasteiger partial charge in [-0.2, -0.15) is 0 Å². The van der Waals surface area contributed by atoms with E-state index in [1.54, 1.807) is 0 Å². The van der Waals surface area contributed by atoms with Crippen molar-refractivity contribution in [3.05, 3.63) is 24.3 Å². The number of aromatic nitrogens is 5. The number of carboxylic acids is 1. The van der Waals surface area contributed by atoms with Crippen LogP contribution in [0.2, 0.25) is 0 Å². The van der Waals surface area contributed by atoms with Crippen LogP contribution < -0.4 is 0 Å². The zero-order valence-corrected chi connectivity index (χ0v) is 9.70. The van der Waals surface area contributed by atoms with Crippen LogP contribution >= 0.6 is 0 Å². The van der Waals surface area contributed by atoms with Gasteiger partial charge in [0.25, 0.3) is 0 Å². The summed E-state index contributed by atoms with van der Waals surface area (Å²) in [4.78, 5) is 14.8. The highest BCUT2D eigenvalue weighted by molar-refractivity contribution is 5.76. The smallest absolute Gasteiger partial charge is 0.331 e. The first kappa shape index (κ1) is 12.1. The number of halogens is 1. The van der Waals surface area contributed by atoms with Crippen LogP contribution in [0.25, 0.3) is 11.4 Å². The molecule has 0 unspecified atom stereocenters. The lowest BCUT2D eigenvalue weighted by atomic mass is 10.1. The number of tetrazole rings is 1. The maximum Gasteiger partial charge on any atom is 0.331 e. The highest BCUT2D eigenvalue weighted by Gasteiger charge is 2.34. The fourth-order valence-electron chi connectivity index (χ4n) is 1.38. The van der Waals surface area contributed by atoms with Crippen LogP contribution in [0.15, 0.2) is 18.5 Å². The maximum atomic E-state index is 13.6. The van der Waals surface area contributed by atoms with Crippen molar-refractivity contribution < 1.29 is 14.3 Å². The highest BCUT2D eigenvalue weighted by Crippen LogP contribution is 2.24. The molecule has 94 valence electrons. The molecule has 0 aromatic carbocycles. The molecular weight excluding hydrogens is 241 g/mol. The van der Waals surface area contributed by atoms with Crippen molar-refractivity contribution in [2.24, 2.45) is 0 Å². The van der Waals surface area contributed by atoms with Crippen molar-refractivity contribution in [2.75, 3.05) is 0 Å². The molecule has 0 saturated heterocycles. The summed E-state index contributed by atoms with van der Waals surface area (Å²) in [5.41, 5.74) is -1.28. The second-order valence-corrected chi connectivity index (χ2v) is 4.13. The van der Waals surface area contributed by atoms with E-state index in [1.807, 2.05) is 0 Å². The van der Waals surface area contributed by atoms with Gasteiger partial charge in [0.05, 0.1) is 11.8 Å². The molecule has 0 fully saturated rings. The molecule has 0 radical (unpaired) electrons. The molecule has 2 rings (SSSR count). The van der Waals surface area contributed by atoms with Crippen molar-refractivity contribution >= 4 is 5.97 Å². The van der Waals surface area contributed by atoms with E-state index in [1.165, 1.54) is 26.1 Å². The molecule has 18 heavy (non-hydrogen) atoms. The predicted molar refractivity (Wildman–Crippen MR) is 58.0 cm³/mol. The Morgan fingerprint density at radius 2 is 2.22 bits per heavy atom. The molecule has 0 aliphatic rings. The van der Waals surface area contributed by atoms with E-state index in [2.05, 4.69) is 20.5 Å². The minimum atomic E-state index is -1.38. The molecule has 0 aliphatic carbocycles. The lowest BCUT2D eigenvalue weighted by Gasteiger charge is -2.20. The van der Waals surface area contributed by atoms with Gasteiger partial charge in [0.1, 0.15) is 0 Å². The second kappa shape index (κ2) is 4.13. The number of pyridine rings is 1. The molecule has 0 aliphatic heterocycles. The number of nitrogens with zero attached hydrogens (tertiary/aromatic N) is 5. The highest BCUT2D eigenvalue weighted by atomic mass is 19.1. The maximum absolute atomic E-state index is 13.6.